The van der Waals surface area contributed by atoms with Gasteiger partial charge in [0.2, 0.25) is 0 Å². The lowest BCUT2D eigenvalue weighted by atomic mass is 9.82. The van der Waals surface area contributed by atoms with Gasteiger partial charge in [-0.3, -0.25) is 4.79 Å². The van der Waals surface area contributed by atoms with Crippen LogP contribution in [0.15, 0.2) is 24.3 Å². The Morgan fingerprint density at radius 2 is 2.00 bits per heavy atom. The molecule has 3 N–H and O–H groups in total. The zero-order valence-corrected chi connectivity index (χ0v) is 12.1. The van der Waals surface area contributed by atoms with Gasteiger partial charge in [-0.15, -0.1) is 0 Å². The van der Waals surface area contributed by atoms with E-state index in [1.54, 1.807) is 0 Å². The Labute approximate surface area is 118 Å². The lowest BCUT2D eigenvalue weighted by molar-refractivity contribution is 0.0625. The van der Waals surface area contributed by atoms with Crippen LogP contribution in [-0.2, 0) is 0 Å². The highest BCUT2D eigenvalue weighted by Gasteiger charge is 2.28. The van der Waals surface area contributed by atoms with E-state index in [1.165, 1.54) is 0 Å². The highest BCUT2D eigenvalue weighted by molar-refractivity contribution is 6.00. The van der Waals surface area contributed by atoms with Crippen molar-refractivity contribution in [1.29, 1.82) is 0 Å². The summed E-state index contributed by atoms with van der Waals surface area (Å²) in [6, 6.07) is 7.62. The molecule has 1 aromatic carbocycles. The van der Waals surface area contributed by atoms with E-state index in [-0.39, 0.29) is 5.91 Å². The van der Waals surface area contributed by atoms with Crippen molar-refractivity contribution in [1.82, 2.24) is 9.88 Å². The first-order chi connectivity index (χ1) is 9.46. The Morgan fingerprint density at radius 3 is 2.65 bits per heavy atom. The van der Waals surface area contributed by atoms with Crippen LogP contribution in [0.2, 0.25) is 0 Å². The van der Waals surface area contributed by atoms with Crippen LogP contribution in [0.25, 0.3) is 10.9 Å². The topological polar surface area (TPSA) is 62.1 Å². The summed E-state index contributed by atoms with van der Waals surface area (Å²) in [4.78, 5) is 17.6. The molecule has 2 heterocycles. The van der Waals surface area contributed by atoms with Gasteiger partial charge in [0.1, 0.15) is 5.69 Å². The molecule has 0 saturated carbocycles. The van der Waals surface area contributed by atoms with Gasteiger partial charge in [0, 0.05) is 18.5 Å². The molecule has 1 amide bonds. The van der Waals surface area contributed by atoms with Crippen molar-refractivity contribution in [3.05, 3.63) is 30.0 Å². The average molecular weight is 271 g/mol. The van der Waals surface area contributed by atoms with Crippen molar-refractivity contribution in [3.8, 4) is 0 Å². The van der Waals surface area contributed by atoms with Crippen LogP contribution in [0, 0.1) is 5.41 Å². The summed E-state index contributed by atoms with van der Waals surface area (Å²) in [6.45, 7) is 6.18. The molecule has 0 aliphatic carbocycles. The summed E-state index contributed by atoms with van der Waals surface area (Å²) in [7, 11) is 0. The lowest BCUT2D eigenvalue weighted by Gasteiger charge is -2.36. The van der Waals surface area contributed by atoms with Gasteiger partial charge in [0.15, 0.2) is 0 Å². The molecule has 0 atom stereocenters. The maximum absolute atomic E-state index is 12.5. The average Bonchev–Trinajstić information content (AvgIpc) is 2.83. The summed E-state index contributed by atoms with van der Waals surface area (Å²) in [5.74, 6) is 0.0797. The minimum Gasteiger partial charge on any atom is -0.397 e. The van der Waals surface area contributed by atoms with Crippen molar-refractivity contribution in [2.45, 2.75) is 26.7 Å². The van der Waals surface area contributed by atoms with Crippen molar-refractivity contribution < 1.29 is 4.79 Å². The summed E-state index contributed by atoms with van der Waals surface area (Å²) in [5, 5.41) is 0.991. The summed E-state index contributed by atoms with van der Waals surface area (Å²) < 4.78 is 0. The minimum absolute atomic E-state index is 0.0797. The van der Waals surface area contributed by atoms with Crippen LogP contribution in [-0.4, -0.2) is 28.9 Å². The van der Waals surface area contributed by atoms with E-state index in [9.17, 15) is 4.79 Å². The zero-order valence-electron chi connectivity index (χ0n) is 12.1. The number of carbonyl (C=O) groups excluding carboxylic acids is 1. The van der Waals surface area contributed by atoms with Crippen molar-refractivity contribution in [2.75, 3.05) is 18.8 Å². The predicted octanol–water partition coefficient (Wildman–Crippen LogP) is 3.01. The third kappa shape index (κ3) is 2.26. The number of amides is 1. The number of para-hydroxylation sites is 1. The first-order valence-electron chi connectivity index (χ1n) is 7.13. The first-order valence-corrected chi connectivity index (χ1v) is 7.13. The number of nitrogens with zero attached hydrogens (tertiary/aromatic N) is 1. The number of aromatic nitrogens is 1. The number of H-pyrrole nitrogens is 1. The highest BCUT2D eigenvalue weighted by Crippen LogP contribution is 2.30. The second kappa shape index (κ2) is 4.54. The summed E-state index contributed by atoms with van der Waals surface area (Å²) in [5.41, 5.74) is 8.45. The van der Waals surface area contributed by atoms with E-state index in [0.717, 1.165) is 36.8 Å². The van der Waals surface area contributed by atoms with Gasteiger partial charge in [0.25, 0.3) is 5.91 Å². The van der Waals surface area contributed by atoms with Crippen molar-refractivity contribution >= 4 is 22.5 Å². The first kappa shape index (κ1) is 13.0. The number of nitrogens with two attached hydrogens (primary N) is 1. The number of likely N-dealkylation sites (tertiary alicyclic amines) is 1. The number of benzene rings is 1. The number of aromatic amines is 1. The number of rotatable bonds is 1. The van der Waals surface area contributed by atoms with E-state index < -0.39 is 0 Å². The number of hydrogen-bond donors (Lipinski definition) is 2. The van der Waals surface area contributed by atoms with Gasteiger partial charge < -0.3 is 15.6 Å². The number of fused-ring (bicyclic) bond motifs is 1. The third-order valence-corrected chi connectivity index (χ3v) is 4.32. The number of nitrogens with one attached hydrogen (secondary N) is 1. The number of piperidine rings is 1. The van der Waals surface area contributed by atoms with Gasteiger partial charge >= 0.3 is 0 Å². The fraction of sp³-hybridized carbons (Fsp3) is 0.438. The Bertz CT molecular complexity index is 647. The van der Waals surface area contributed by atoms with Gasteiger partial charge in [-0.2, -0.15) is 0 Å². The number of anilines is 1. The summed E-state index contributed by atoms with van der Waals surface area (Å²) >= 11 is 0. The third-order valence-electron chi connectivity index (χ3n) is 4.32. The largest absolute Gasteiger partial charge is 0.397 e. The molecule has 1 aromatic heterocycles. The van der Waals surface area contributed by atoms with Crippen LogP contribution in [0.3, 0.4) is 0 Å². The van der Waals surface area contributed by atoms with Crippen LogP contribution in [0.5, 0.6) is 0 Å². The number of carbonyl (C=O) groups is 1. The van der Waals surface area contributed by atoms with E-state index in [2.05, 4.69) is 18.8 Å². The maximum Gasteiger partial charge on any atom is 0.270 e. The fourth-order valence-electron chi connectivity index (χ4n) is 2.78. The van der Waals surface area contributed by atoms with Gasteiger partial charge in [-0.25, -0.2) is 0 Å². The van der Waals surface area contributed by atoms with Crippen LogP contribution < -0.4 is 5.73 Å². The second-order valence-electron chi connectivity index (χ2n) is 6.45. The molecule has 1 fully saturated rings. The van der Waals surface area contributed by atoms with E-state index in [1.807, 2.05) is 29.2 Å². The number of nitrogen functional groups attached to an aromatic ring is 1. The van der Waals surface area contributed by atoms with Crippen molar-refractivity contribution in [2.24, 2.45) is 5.41 Å². The Balaban J connectivity index is 1.84. The molecule has 0 unspecified atom stereocenters. The predicted molar refractivity (Wildman–Crippen MR) is 81.6 cm³/mol. The SMILES string of the molecule is CC1(C)CCN(C(=O)c2cc3cccc(N)c3[nH]2)CC1. The van der Waals surface area contributed by atoms with Crippen LogP contribution in [0.4, 0.5) is 5.69 Å². The molecule has 0 bridgehead atoms. The van der Waals surface area contributed by atoms with Crippen LogP contribution >= 0.6 is 0 Å². The second-order valence-corrected chi connectivity index (χ2v) is 6.45. The van der Waals surface area contributed by atoms with Gasteiger partial charge in [-0.05, 0) is 30.4 Å². The molecule has 4 nitrogen and oxygen atoms in total. The van der Waals surface area contributed by atoms with Gasteiger partial charge in [0.05, 0.1) is 11.2 Å². The molecule has 1 saturated heterocycles. The summed E-state index contributed by atoms with van der Waals surface area (Å²) in [6.07, 6.45) is 2.11. The fourth-order valence-corrected chi connectivity index (χ4v) is 2.78. The quantitative estimate of drug-likeness (QED) is 0.783. The van der Waals surface area contributed by atoms with Crippen molar-refractivity contribution in [3.63, 3.8) is 0 Å². The molecule has 3 rings (SSSR count). The Morgan fingerprint density at radius 1 is 1.30 bits per heavy atom. The van der Waals surface area contributed by atoms with E-state index in [4.69, 9.17) is 5.73 Å². The van der Waals surface area contributed by atoms with Gasteiger partial charge in [-0.1, -0.05) is 26.0 Å². The molecular weight excluding hydrogens is 250 g/mol. The maximum atomic E-state index is 12.5. The monoisotopic (exact) mass is 271 g/mol. The Hall–Kier alpha value is -1.97. The number of hydrogen-bond acceptors (Lipinski definition) is 2. The molecule has 4 heteroatoms. The molecular formula is C16H21N3O. The molecule has 2 aromatic rings. The molecule has 1 aliphatic heterocycles. The van der Waals surface area contributed by atoms with E-state index >= 15 is 0 Å². The standard InChI is InChI=1S/C16H21N3O/c1-16(2)6-8-19(9-7-16)15(20)13-10-11-4-3-5-12(17)14(11)18-13/h3-5,10,18H,6-9,17H2,1-2H3. The lowest BCUT2D eigenvalue weighted by Crippen LogP contribution is -2.41. The molecule has 106 valence electrons. The van der Waals surface area contributed by atoms with E-state index in [0.29, 0.717) is 16.8 Å². The molecule has 20 heavy (non-hydrogen) atoms. The smallest absolute Gasteiger partial charge is 0.270 e. The molecule has 0 radical (unpaired) electrons. The van der Waals surface area contributed by atoms with Crippen LogP contribution in [0.1, 0.15) is 37.2 Å². The molecule has 1 aliphatic rings. The molecule has 0 spiro atoms. The zero-order chi connectivity index (χ0) is 14.3. The highest BCUT2D eigenvalue weighted by atomic mass is 16.2. The Kier molecular flexibility index (Phi) is 2.96. The minimum atomic E-state index is 0.0797. The normalized spacial score (nSPS) is 18.4.